The van der Waals surface area contributed by atoms with Crippen molar-refractivity contribution in [1.82, 2.24) is 9.71 Å². The first-order chi connectivity index (χ1) is 8.95. The Bertz CT molecular complexity index is 584. The zero-order chi connectivity index (χ0) is 13.9. The average Bonchev–Trinajstić information content (AvgIpc) is 2.38. The molecule has 0 aromatic carbocycles. The molecule has 1 saturated heterocycles. The van der Waals surface area contributed by atoms with Gasteiger partial charge in [0.2, 0.25) is 10.0 Å². The summed E-state index contributed by atoms with van der Waals surface area (Å²) in [5.41, 5.74) is -0.304. The number of hydrogen-bond donors (Lipinski definition) is 1. The van der Waals surface area contributed by atoms with Crippen molar-refractivity contribution in [3.05, 3.63) is 24.0 Å². The summed E-state index contributed by atoms with van der Waals surface area (Å²) >= 11 is 0. The van der Waals surface area contributed by atoms with E-state index in [1.165, 1.54) is 18.3 Å². The van der Waals surface area contributed by atoms with Crippen LogP contribution in [-0.2, 0) is 14.8 Å². The van der Waals surface area contributed by atoms with E-state index in [0.29, 0.717) is 26.1 Å². The standard InChI is InChI=1S/C12H15N3O3S/c1-12(4-6-18-7-5-12)15-19(16,17)11-3-2-10(8-13)14-9-11/h2-3,9,15H,4-7H2,1H3. The fraction of sp³-hybridized carbons (Fsp3) is 0.500. The van der Waals surface area contributed by atoms with Crippen LogP contribution in [-0.4, -0.2) is 32.2 Å². The van der Waals surface area contributed by atoms with Gasteiger partial charge < -0.3 is 4.74 Å². The van der Waals surface area contributed by atoms with E-state index in [-0.39, 0.29) is 10.6 Å². The van der Waals surface area contributed by atoms with Crippen molar-refractivity contribution in [2.24, 2.45) is 0 Å². The predicted molar refractivity (Wildman–Crippen MR) is 67.7 cm³/mol. The second kappa shape index (κ2) is 5.25. The Morgan fingerprint density at radius 1 is 1.42 bits per heavy atom. The molecule has 0 radical (unpaired) electrons. The minimum atomic E-state index is -3.62. The first-order valence-corrected chi connectivity index (χ1v) is 7.41. The van der Waals surface area contributed by atoms with Gasteiger partial charge in [0, 0.05) is 24.9 Å². The second-order valence-corrected chi connectivity index (χ2v) is 6.45. The van der Waals surface area contributed by atoms with Gasteiger partial charge in [0.1, 0.15) is 16.7 Å². The second-order valence-electron chi connectivity index (χ2n) is 4.77. The van der Waals surface area contributed by atoms with Crippen molar-refractivity contribution in [3.63, 3.8) is 0 Å². The van der Waals surface area contributed by atoms with Gasteiger partial charge in [-0.3, -0.25) is 0 Å². The maximum absolute atomic E-state index is 12.2. The van der Waals surface area contributed by atoms with E-state index in [9.17, 15) is 8.42 Å². The van der Waals surface area contributed by atoms with Gasteiger partial charge in [0.05, 0.1) is 0 Å². The summed E-state index contributed by atoms with van der Waals surface area (Å²) in [5, 5.41) is 8.64. The van der Waals surface area contributed by atoms with Crippen molar-refractivity contribution < 1.29 is 13.2 Å². The molecule has 1 aromatic rings. The highest BCUT2D eigenvalue weighted by Gasteiger charge is 2.32. The van der Waals surface area contributed by atoms with Gasteiger partial charge in [-0.25, -0.2) is 18.1 Å². The van der Waals surface area contributed by atoms with Gasteiger partial charge in [-0.15, -0.1) is 0 Å². The molecular formula is C12H15N3O3S. The van der Waals surface area contributed by atoms with Crippen LogP contribution < -0.4 is 4.72 Å². The third-order valence-corrected chi connectivity index (χ3v) is 4.76. The van der Waals surface area contributed by atoms with Crippen molar-refractivity contribution in [2.45, 2.75) is 30.2 Å². The van der Waals surface area contributed by atoms with Crippen LogP contribution in [0.2, 0.25) is 0 Å². The summed E-state index contributed by atoms with van der Waals surface area (Å²) in [6.07, 6.45) is 2.47. The van der Waals surface area contributed by atoms with Crippen LogP contribution in [0.15, 0.2) is 23.2 Å². The summed E-state index contributed by atoms with van der Waals surface area (Å²) in [4.78, 5) is 3.84. The third-order valence-electron chi connectivity index (χ3n) is 3.14. The lowest BCUT2D eigenvalue weighted by atomic mass is 9.94. The highest BCUT2D eigenvalue weighted by Crippen LogP contribution is 2.22. The van der Waals surface area contributed by atoms with E-state index in [0.717, 1.165) is 0 Å². The zero-order valence-corrected chi connectivity index (χ0v) is 11.4. The average molecular weight is 281 g/mol. The molecule has 7 heteroatoms. The number of nitrogens with one attached hydrogen (secondary N) is 1. The highest BCUT2D eigenvalue weighted by molar-refractivity contribution is 7.89. The molecule has 0 saturated carbocycles. The van der Waals surface area contributed by atoms with E-state index in [1.807, 2.05) is 13.0 Å². The van der Waals surface area contributed by atoms with Gasteiger partial charge in [-0.1, -0.05) is 0 Å². The lowest BCUT2D eigenvalue weighted by Gasteiger charge is -2.33. The number of hydrogen-bond acceptors (Lipinski definition) is 5. The Kier molecular flexibility index (Phi) is 3.85. The van der Waals surface area contributed by atoms with Crippen LogP contribution in [0.4, 0.5) is 0 Å². The smallest absolute Gasteiger partial charge is 0.242 e. The molecule has 0 atom stereocenters. The van der Waals surface area contributed by atoms with Crippen molar-refractivity contribution in [1.29, 1.82) is 5.26 Å². The van der Waals surface area contributed by atoms with Gasteiger partial charge in [-0.05, 0) is 31.9 Å². The van der Waals surface area contributed by atoms with Gasteiger partial charge >= 0.3 is 0 Å². The van der Waals surface area contributed by atoms with Gasteiger partial charge in [0.15, 0.2) is 0 Å². The zero-order valence-electron chi connectivity index (χ0n) is 10.6. The molecule has 1 aliphatic heterocycles. The molecule has 0 aliphatic carbocycles. The van der Waals surface area contributed by atoms with Crippen LogP contribution in [0.3, 0.4) is 0 Å². The molecule has 19 heavy (non-hydrogen) atoms. The van der Waals surface area contributed by atoms with E-state index in [1.54, 1.807) is 0 Å². The molecule has 1 fully saturated rings. The quantitative estimate of drug-likeness (QED) is 0.884. The maximum atomic E-state index is 12.2. The number of sulfonamides is 1. The molecule has 1 aliphatic rings. The number of nitrogens with zero attached hydrogens (tertiary/aromatic N) is 2. The van der Waals surface area contributed by atoms with E-state index in [2.05, 4.69) is 9.71 Å². The Balaban J connectivity index is 2.19. The normalized spacial score (nSPS) is 18.7. The Labute approximate surface area is 112 Å². The fourth-order valence-corrected chi connectivity index (χ4v) is 3.32. The van der Waals surface area contributed by atoms with Crippen LogP contribution in [0.5, 0.6) is 0 Å². The molecule has 0 unspecified atom stereocenters. The number of ether oxygens (including phenoxy) is 1. The molecule has 0 spiro atoms. The minimum absolute atomic E-state index is 0.0687. The van der Waals surface area contributed by atoms with Crippen molar-refractivity contribution >= 4 is 10.0 Å². The molecule has 1 aromatic heterocycles. The van der Waals surface area contributed by atoms with Crippen molar-refractivity contribution in [2.75, 3.05) is 13.2 Å². The molecule has 1 N–H and O–H groups in total. The summed E-state index contributed by atoms with van der Waals surface area (Å²) in [6.45, 7) is 2.96. The van der Waals surface area contributed by atoms with E-state index in [4.69, 9.17) is 10.00 Å². The molecule has 0 amide bonds. The van der Waals surface area contributed by atoms with Crippen LogP contribution >= 0.6 is 0 Å². The summed E-state index contributed by atoms with van der Waals surface area (Å²) < 4.78 is 32.4. The maximum Gasteiger partial charge on any atom is 0.242 e. The lowest BCUT2D eigenvalue weighted by molar-refractivity contribution is 0.0537. The number of pyridine rings is 1. The SMILES string of the molecule is CC1(NS(=O)(=O)c2ccc(C#N)nc2)CCOCC1. The molecule has 0 bridgehead atoms. The number of aromatic nitrogens is 1. The Morgan fingerprint density at radius 3 is 2.63 bits per heavy atom. The Hall–Kier alpha value is -1.49. The summed E-state index contributed by atoms with van der Waals surface area (Å²) in [7, 11) is -3.62. The fourth-order valence-electron chi connectivity index (χ4n) is 1.91. The monoisotopic (exact) mass is 281 g/mol. The number of nitriles is 1. The molecule has 2 heterocycles. The van der Waals surface area contributed by atoms with Crippen LogP contribution in [0.1, 0.15) is 25.5 Å². The van der Waals surface area contributed by atoms with Gasteiger partial charge in [-0.2, -0.15) is 5.26 Å². The summed E-state index contributed by atoms with van der Waals surface area (Å²) in [6, 6.07) is 4.63. The largest absolute Gasteiger partial charge is 0.381 e. The molecule has 2 rings (SSSR count). The first-order valence-electron chi connectivity index (χ1n) is 5.93. The molecule has 102 valence electrons. The Morgan fingerprint density at radius 2 is 2.11 bits per heavy atom. The van der Waals surface area contributed by atoms with Crippen LogP contribution in [0, 0.1) is 11.3 Å². The van der Waals surface area contributed by atoms with E-state index < -0.39 is 15.6 Å². The van der Waals surface area contributed by atoms with E-state index >= 15 is 0 Å². The predicted octanol–water partition coefficient (Wildman–Crippen LogP) is 0.801. The van der Waals surface area contributed by atoms with Gasteiger partial charge in [0.25, 0.3) is 0 Å². The first kappa shape index (κ1) is 13.9. The minimum Gasteiger partial charge on any atom is -0.381 e. The topological polar surface area (TPSA) is 92.1 Å². The molecular weight excluding hydrogens is 266 g/mol. The molecule has 6 nitrogen and oxygen atoms in total. The summed E-state index contributed by atoms with van der Waals surface area (Å²) in [5.74, 6) is 0. The highest BCUT2D eigenvalue weighted by atomic mass is 32.2. The third kappa shape index (κ3) is 3.29. The van der Waals surface area contributed by atoms with Crippen molar-refractivity contribution in [3.8, 4) is 6.07 Å². The number of rotatable bonds is 3. The van der Waals surface area contributed by atoms with Crippen LogP contribution in [0.25, 0.3) is 0 Å². The lowest BCUT2D eigenvalue weighted by Crippen LogP contribution is -2.49.